The van der Waals surface area contributed by atoms with Crippen LogP contribution in [0.1, 0.15) is 13.8 Å². The van der Waals surface area contributed by atoms with E-state index in [4.69, 9.17) is 9.11 Å². The van der Waals surface area contributed by atoms with Crippen molar-refractivity contribution in [3.63, 3.8) is 0 Å². The third-order valence-corrected chi connectivity index (χ3v) is 2.66. The van der Waals surface area contributed by atoms with Crippen LogP contribution in [0, 0.1) is 5.92 Å². The molecule has 0 spiro atoms. The SMILES string of the molecule is CNS(O)(O)CC(=O)C(C)C. The fraction of sp³-hybridized carbons (Fsp3) is 0.833. The van der Waals surface area contributed by atoms with E-state index in [1.54, 1.807) is 13.8 Å². The maximum absolute atomic E-state index is 11.0. The first kappa shape index (κ1) is 10.9. The Balaban J connectivity index is 3.94. The second kappa shape index (κ2) is 4.06. The van der Waals surface area contributed by atoms with Gasteiger partial charge in [-0.25, -0.2) is 4.72 Å². The molecule has 0 aliphatic carbocycles. The van der Waals surface area contributed by atoms with Gasteiger partial charge in [-0.1, -0.05) is 13.8 Å². The van der Waals surface area contributed by atoms with Gasteiger partial charge in [0.2, 0.25) is 0 Å². The molecule has 0 aromatic rings. The second-order valence-corrected chi connectivity index (χ2v) is 4.67. The van der Waals surface area contributed by atoms with Crippen molar-refractivity contribution in [1.29, 1.82) is 0 Å². The van der Waals surface area contributed by atoms with Crippen molar-refractivity contribution in [3.05, 3.63) is 0 Å². The molecule has 0 aliphatic heterocycles. The number of carbonyl (C=O) groups is 1. The lowest BCUT2D eigenvalue weighted by molar-refractivity contribution is -0.119. The van der Waals surface area contributed by atoms with Crippen molar-refractivity contribution in [2.75, 3.05) is 12.8 Å². The van der Waals surface area contributed by atoms with Crippen molar-refractivity contribution in [3.8, 4) is 0 Å². The largest absolute Gasteiger partial charge is 0.298 e. The summed E-state index contributed by atoms with van der Waals surface area (Å²) in [6.07, 6.45) is 0. The third-order valence-electron chi connectivity index (χ3n) is 1.31. The summed E-state index contributed by atoms with van der Waals surface area (Å²) >= 11 is 0. The van der Waals surface area contributed by atoms with Crippen molar-refractivity contribution in [1.82, 2.24) is 4.72 Å². The molecule has 0 heterocycles. The summed E-state index contributed by atoms with van der Waals surface area (Å²) in [4.78, 5) is 11.0. The number of carbonyl (C=O) groups excluding carboxylic acids is 1. The topological polar surface area (TPSA) is 69.6 Å². The molecule has 0 bridgehead atoms. The first-order chi connectivity index (χ1) is 4.89. The fourth-order valence-electron chi connectivity index (χ4n) is 0.437. The van der Waals surface area contributed by atoms with Crippen LogP contribution < -0.4 is 4.72 Å². The van der Waals surface area contributed by atoms with E-state index in [9.17, 15) is 4.79 Å². The molecule has 68 valence electrons. The van der Waals surface area contributed by atoms with E-state index in [-0.39, 0.29) is 17.5 Å². The molecule has 11 heavy (non-hydrogen) atoms. The van der Waals surface area contributed by atoms with Gasteiger partial charge in [-0.05, 0) is 0 Å². The predicted molar refractivity (Wildman–Crippen MR) is 46.6 cm³/mol. The van der Waals surface area contributed by atoms with E-state index in [0.29, 0.717) is 0 Å². The van der Waals surface area contributed by atoms with Crippen LogP contribution in [0.2, 0.25) is 0 Å². The quantitative estimate of drug-likeness (QED) is 0.607. The van der Waals surface area contributed by atoms with Crippen LogP contribution in [0.15, 0.2) is 0 Å². The Kier molecular flexibility index (Phi) is 4.02. The Morgan fingerprint density at radius 3 is 2.27 bits per heavy atom. The van der Waals surface area contributed by atoms with E-state index in [1.807, 2.05) is 0 Å². The van der Waals surface area contributed by atoms with E-state index in [1.165, 1.54) is 7.05 Å². The van der Waals surface area contributed by atoms with Gasteiger partial charge in [0.1, 0.15) is 5.75 Å². The Hall–Kier alpha value is -0.100. The minimum atomic E-state index is -2.86. The van der Waals surface area contributed by atoms with Crippen LogP contribution in [0.25, 0.3) is 0 Å². The molecule has 0 aromatic heterocycles. The minimum absolute atomic E-state index is 0.139. The van der Waals surface area contributed by atoms with Crippen molar-refractivity contribution < 1.29 is 13.9 Å². The Labute approximate surface area is 68.5 Å². The Morgan fingerprint density at radius 1 is 1.55 bits per heavy atom. The fourth-order valence-corrected chi connectivity index (χ4v) is 1.31. The van der Waals surface area contributed by atoms with Gasteiger partial charge in [-0.3, -0.25) is 13.9 Å². The highest BCUT2D eigenvalue weighted by Gasteiger charge is 2.17. The number of nitrogens with one attached hydrogen (secondary N) is 1. The zero-order valence-corrected chi connectivity index (χ0v) is 7.81. The van der Waals surface area contributed by atoms with Crippen LogP contribution in [0.5, 0.6) is 0 Å². The molecule has 0 radical (unpaired) electrons. The highest BCUT2D eigenvalue weighted by molar-refractivity contribution is 8.23. The summed E-state index contributed by atoms with van der Waals surface area (Å²) in [6.45, 7) is 3.46. The zero-order valence-electron chi connectivity index (χ0n) is 7.00. The van der Waals surface area contributed by atoms with Gasteiger partial charge >= 0.3 is 0 Å². The average molecular weight is 181 g/mol. The highest BCUT2D eigenvalue weighted by Crippen LogP contribution is 2.32. The van der Waals surface area contributed by atoms with Gasteiger partial charge in [-0.15, -0.1) is 10.8 Å². The van der Waals surface area contributed by atoms with E-state index < -0.39 is 10.8 Å². The Bertz CT molecular complexity index is 147. The lowest BCUT2D eigenvalue weighted by Crippen LogP contribution is -2.25. The van der Waals surface area contributed by atoms with E-state index >= 15 is 0 Å². The second-order valence-electron chi connectivity index (χ2n) is 2.64. The van der Waals surface area contributed by atoms with Crippen LogP contribution >= 0.6 is 10.8 Å². The van der Waals surface area contributed by atoms with Gasteiger partial charge in [0.05, 0.1) is 0 Å². The number of ketones is 1. The molecular formula is C6H15NO3S. The van der Waals surface area contributed by atoms with Crippen molar-refractivity contribution >= 4 is 16.6 Å². The Morgan fingerprint density at radius 2 is 2.00 bits per heavy atom. The van der Waals surface area contributed by atoms with E-state index in [0.717, 1.165) is 0 Å². The molecule has 0 saturated heterocycles. The van der Waals surface area contributed by atoms with Gasteiger partial charge in [-0.2, -0.15) is 0 Å². The molecule has 4 nitrogen and oxygen atoms in total. The predicted octanol–water partition coefficient (Wildman–Crippen LogP) is 1.10. The highest BCUT2D eigenvalue weighted by atomic mass is 32.3. The standard InChI is InChI=1S/C6H15NO3S/c1-5(2)6(8)4-11(9,10)7-3/h5,7,9-10H,4H2,1-3H3. The van der Waals surface area contributed by atoms with E-state index in [2.05, 4.69) is 4.72 Å². The molecule has 0 saturated carbocycles. The molecule has 5 heteroatoms. The molecular weight excluding hydrogens is 166 g/mol. The van der Waals surface area contributed by atoms with Crippen molar-refractivity contribution in [2.45, 2.75) is 13.8 Å². The first-order valence-electron chi connectivity index (χ1n) is 3.36. The lowest BCUT2D eigenvalue weighted by atomic mass is 10.1. The molecule has 0 fully saturated rings. The van der Waals surface area contributed by atoms with Crippen LogP contribution in [-0.4, -0.2) is 27.7 Å². The normalized spacial score (nSPS) is 13.6. The van der Waals surface area contributed by atoms with Gasteiger partial charge in [0, 0.05) is 13.0 Å². The maximum Gasteiger partial charge on any atom is 0.155 e. The molecule has 0 rings (SSSR count). The molecule has 0 unspecified atom stereocenters. The smallest absolute Gasteiger partial charge is 0.155 e. The zero-order chi connectivity index (χ0) is 9.07. The lowest BCUT2D eigenvalue weighted by Gasteiger charge is -2.30. The summed E-state index contributed by atoms with van der Waals surface area (Å²) in [7, 11) is -1.44. The third kappa shape index (κ3) is 4.36. The van der Waals surface area contributed by atoms with Crippen molar-refractivity contribution in [2.24, 2.45) is 5.92 Å². The number of rotatable bonds is 4. The summed E-state index contributed by atoms with van der Waals surface area (Å²) in [5.74, 6) is -0.477. The average Bonchev–Trinajstić information content (AvgIpc) is 1.87. The summed E-state index contributed by atoms with van der Waals surface area (Å²) < 4.78 is 20.4. The van der Waals surface area contributed by atoms with Gasteiger partial charge in [0.25, 0.3) is 0 Å². The molecule has 0 aromatic carbocycles. The summed E-state index contributed by atoms with van der Waals surface area (Å²) in [5.41, 5.74) is 0. The maximum atomic E-state index is 11.0. The minimum Gasteiger partial charge on any atom is -0.298 e. The number of hydrogen-bond donors (Lipinski definition) is 3. The van der Waals surface area contributed by atoms with Crippen LogP contribution in [0.4, 0.5) is 0 Å². The van der Waals surface area contributed by atoms with Crippen LogP contribution in [-0.2, 0) is 4.79 Å². The molecule has 0 aliphatic rings. The monoisotopic (exact) mass is 181 g/mol. The van der Waals surface area contributed by atoms with Gasteiger partial charge in [0.15, 0.2) is 5.78 Å². The molecule has 0 atom stereocenters. The van der Waals surface area contributed by atoms with Gasteiger partial charge < -0.3 is 0 Å². The first-order valence-corrected chi connectivity index (χ1v) is 5.07. The number of hydrogen-bond acceptors (Lipinski definition) is 4. The molecule has 0 amide bonds. The van der Waals surface area contributed by atoms with Crippen LogP contribution in [0.3, 0.4) is 0 Å². The summed E-state index contributed by atoms with van der Waals surface area (Å²) in [6, 6.07) is 0. The summed E-state index contributed by atoms with van der Waals surface area (Å²) in [5, 5.41) is 0. The number of Topliss-reactive ketones (excluding diaryl/α,β-unsaturated/α-hetero) is 1. The molecule has 3 N–H and O–H groups in total.